The average Bonchev–Trinajstić information content (AvgIpc) is 3.03. The van der Waals surface area contributed by atoms with Crippen LogP contribution in [0, 0.1) is 12.8 Å². The molecule has 0 radical (unpaired) electrons. The Morgan fingerprint density at radius 2 is 1.81 bits per heavy atom. The van der Waals surface area contributed by atoms with Crippen LogP contribution in [0.2, 0.25) is 0 Å². The zero-order valence-electron chi connectivity index (χ0n) is 19.0. The second kappa shape index (κ2) is 10.1. The van der Waals surface area contributed by atoms with Gasteiger partial charge in [0.15, 0.2) is 16.7 Å². The van der Waals surface area contributed by atoms with Gasteiger partial charge in [0.2, 0.25) is 0 Å². The molecule has 2 aromatic carbocycles. The van der Waals surface area contributed by atoms with Gasteiger partial charge in [-0.3, -0.25) is 9.69 Å². The van der Waals surface area contributed by atoms with Crippen molar-refractivity contribution in [3.63, 3.8) is 0 Å². The molecule has 1 heterocycles. The molecule has 5 nitrogen and oxygen atoms in total. The predicted octanol–water partition coefficient (Wildman–Crippen LogP) is 6.05. The zero-order chi connectivity index (χ0) is 22.5. The van der Waals surface area contributed by atoms with Crippen LogP contribution in [-0.4, -0.2) is 35.7 Å². The second-order valence-electron chi connectivity index (χ2n) is 8.19. The highest BCUT2D eigenvalue weighted by atomic mass is 32.2. The number of nitrogens with zero attached hydrogens (tertiary/aromatic N) is 2. The molecular weight excluding hydrogens is 408 g/mol. The number of aliphatic imine (C=N–C) groups is 1. The molecule has 2 aromatic rings. The molecule has 1 amide bonds. The third-order valence-corrected chi connectivity index (χ3v) is 5.67. The SMILES string of the molecule is COc1cccc(/C=C2/SC(=Nc3ccc(C)cc3)N(C(C)C)C2=O)c1OCC(C)C. The highest BCUT2D eigenvalue weighted by Gasteiger charge is 2.35. The largest absolute Gasteiger partial charge is 0.493 e. The van der Waals surface area contributed by atoms with E-state index in [2.05, 4.69) is 13.8 Å². The van der Waals surface area contributed by atoms with Gasteiger partial charge >= 0.3 is 0 Å². The van der Waals surface area contributed by atoms with E-state index in [1.807, 2.05) is 69.3 Å². The van der Waals surface area contributed by atoms with Crippen molar-refractivity contribution in [2.45, 2.75) is 40.7 Å². The molecular formula is C25H30N2O3S. The van der Waals surface area contributed by atoms with Gasteiger partial charge in [0.1, 0.15) is 0 Å². The van der Waals surface area contributed by atoms with Gasteiger partial charge in [-0.1, -0.05) is 43.7 Å². The molecule has 0 N–H and O–H groups in total. The van der Waals surface area contributed by atoms with E-state index < -0.39 is 0 Å². The van der Waals surface area contributed by atoms with E-state index in [4.69, 9.17) is 14.5 Å². The van der Waals surface area contributed by atoms with Crippen LogP contribution in [0.5, 0.6) is 11.5 Å². The minimum atomic E-state index is -0.0523. The number of amidine groups is 1. The molecule has 31 heavy (non-hydrogen) atoms. The lowest BCUT2D eigenvalue weighted by Crippen LogP contribution is -2.35. The number of amides is 1. The minimum Gasteiger partial charge on any atom is -0.493 e. The molecule has 164 valence electrons. The normalized spacial score (nSPS) is 16.8. The van der Waals surface area contributed by atoms with Gasteiger partial charge in [-0.15, -0.1) is 0 Å². The first-order valence-electron chi connectivity index (χ1n) is 10.5. The number of carbonyl (C=O) groups is 1. The summed E-state index contributed by atoms with van der Waals surface area (Å²) in [5.41, 5.74) is 2.82. The maximum atomic E-state index is 13.2. The summed E-state index contributed by atoms with van der Waals surface area (Å²) in [4.78, 5) is 20.3. The van der Waals surface area contributed by atoms with Crippen molar-refractivity contribution in [3.8, 4) is 11.5 Å². The summed E-state index contributed by atoms with van der Waals surface area (Å²) in [5.74, 6) is 1.63. The highest BCUT2D eigenvalue weighted by molar-refractivity contribution is 8.18. The molecule has 1 aliphatic heterocycles. The number of benzene rings is 2. The molecule has 3 rings (SSSR count). The molecule has 6 heteroatoms. The summed E-state index contributed by atoms with van der Waals surface area (Å²) in [6.45, 7) is 10.8. The summed E-state index contributed by atoms with van der Waals surface area (Å²) < 4.78 is 11.5. The van der Waals surface area contributed by atoms with Crippen molar-refractivity contribution in [1.29, 1.82) is 0 Å². The molecule has 0 spiro atoms. The third-order valence-electron chi connectivity index (χ3n) is 4.69. The maximum Gasteiger partial charge on any atom is 0.266 e. The van der Waals surface area contributed by atoms with Crippen molar-refractivity contribution in [2.75, 3.05) is 13.7 Å². The first kappa shape index (κ1) is 22.9. The molecule has 1 fully saturated rings. The van der Waals surface area contributed by atoms with Crippen LogP contribution >= 0.6 is 11.8 Å². The van der Waals surface area contributed by atoms with Gasteiger partial charge in [0.05, 0.1) is 24.3 Å². The zero-order valence-corrected chi connectivity index (χ0v) is 19.8. The van der Waals surface area contributed by atoms with Crippen LogP contribution in [0.3, 0.4) is 0 Å². The van der Waals surface area contributed by atoms with Gasteiger partial charge in [-0.05, 0) is 62.7 Å². The Balaban J connectivity index is 1.99. The lowest BCUT2D eigenvalue weighted by Gasteiger charge is -2.19. The van der Waals surface area contributed by atoms with Gasteiger partial charge in [0.25, 0.3) is 5.91 Å². The molecule has 0 aliphatic carbocycles. The fraction of sp³-hybridized carbons (Fsp3) is 0.360. The number of hydrogen-bond acceptors (Lipinski definition) is 5. The summed E-state index contributed by atoms with van der Waals surface area (Å²) >= 11 is 1.39. The first-order chi connectivity index (χ1) is 14.8. The van der Waals surface area contributed by atoms with E-state index in [1.165, 1.54) is 17.3 Å². The van der Waals surface area contributed by atoms with Crippen LogP contribution < -0.4 is 9.47 Å². The first-order valence-corrected chi connectivity index (χ1v) is 11.3. The van der Waals surface area contributed by atoms with Crippen LogP contribution in [0.15, 0.2) is 52.4 Å². The summed E-state index contributed by atoms with van der Waals surface area (Å²) in [5, 5.41) is 0.683. The van der Waals surface area contributed by atoms with Gasteiger partial charge in [0, 0.05) is 11.6 Å². The molecule has 0 unspecified atom stereocenters. The Hall–Kier alpha value is -2.73. The summed E-state index contributed by atoms with van der Waals surface area (Å²) in [6.07, 6.45) is 1.87. The molecule has 0 aromatic heterocycles. The van der Waals surface area contributed by atoms with Crippen LogP contribution in [-0.2, 0) is 4.79 Å². The smallest absolute Gasteiger partial charge is 0.266 e. The van der Waals surface area contributed by atoms with Crippen molar-refractivity contribution in [3.05, 3.63) is 58.5 Å². The molecule has 1 saturated heterocycles. The Labute approximate surface area is 189 Å². The number of rotatable bonds is 7. The van der Waals surface area contributed by atoms with Gasteiger partial charge < -0.3 is 9.47 Å². The number of aryl methyl sites for hydroxylation is 1. The quantitative estimate of drug-likeness (QED) is 0.494. The Morgan fingerprint density at radius 1 is 1.10 bits per heavy atom. The van der Waals surface area contributed by atoms with E-state index in [1.54, 1.807) is 12.0 Å². The minimum absolute atomic E-state index is 0.00271. The van der Waals surface area contributed by atoms with Gasteiger partial charge in [-0.25, -0.2) is 4.99 Å². The average molecular weight is 439 g/mol. The number of ether oxygens (including phenoxy) is 2. The van der Waals surface area contributed by atoms with Crippen molar-refractivity contribution in [2.24, 2.45) is 10.9 Å². The molecule has 0 bridgehead atoms. The molecule has 0 atom stereocenters. The highest BCUT2D eigenvalue weighted by Crippen LogP contribution is 2.39. The van der Waals surface area contributed by atoms with E-state index in [0.717, 1.165) is 11.3 Å². The Kier molecular flexibility index (Phi) is 7.44. The van der Waals surface area contributed by atoms with Crippen molar-refractivity contribution < 1.29 is 14.3 Å². The Morgan fingerprint density at radius 3 is 2.42 bits per heavy atom. The van der Waals surface area contributed by atoms with E-state index >= 15 is 0 Å². The van der Waals surface area contributed by atoms with Crippen molar-refractivity contribution in [1.82, 2.24) is 4.90 Å². The van der Waals surface area contributed by atoms with E-state index in [-0.39, 0.29) is 11.9 Å². The fourth-order valence-corrected chi connectivity index (χ4v) is 4.21. The third kappa shape index (κ3) is 5.50. The predicted molar refractivity (Wildman–Crippen MR) is 129 cm³/mol. The lowest BCUT2D eigenvalue weighted by atomic mass is 10.1. The van der Waals surface area contributed by atoms with Crippen LogP contribution in [0.1, 0.15) is 38.8 Å². The monoisotopic (exact) mass is 438 g/mol. The van der Waals surface area contributed by atoms with E-state index in [9.17, 15) is 4.79 Å². The number of hydrogen-bond donors (Lipinski definition) is 0. The number of methoxy groups -OCH3 is 1. The maximum absolute atomic E-state index is 13.2. The summed E-state index contributed by atoms with van der Waals surface area (Å²) in [7, 11) is 1.62. The van der Waals surface area contributed by atoms with Gasteiger partial charge in [-0.2, -0.15) is 0 Å². The Bertz CT molecular complexity index is 994. The van der Waals surface area contributed by atoms with Crippen LogP contribution in [0.4, 0.5) is 5.69 Å². The van der Waals surface area contributed by atoms with Crippen molar-refractivity contribution >= 4 is 34.6 Å². The number of thioether (sulfide) groups is 1. The number of para-hydroxylation sites is 1. The topological polar surface area (TPSA) is 51.1 Å². The number of carbonyl (C=O) groups excluding carboxylic acids is 1. The molecule has 0 saturated carbocycles. The lowest BCUT2D eigenvalue weighted by molar-refractivity contribution is -0.123. The summed E-state index contributed by atoms with van der Waals surface area (Å²) in [6, 6.07) is 13.7. The molecule has 1 aliphatic rings. The van der Waals surface area contributed by atoms with Crippen LogP contribution in [0.25, 0.3) is 6.08 Å². The van der Waals surface area contributed by atoms with E-state index in [0.29, 0.717) is 34.1 Å². The standard InChI is InChI=1S/C25H30N2O3S/c1-16(2)15-30-23-19(8-7-9-21(23)29-6)14-22-24(28)27(17(3)4)25(31-22)26-20-12-10-18(5)11-13-20/h7-14,16-17H,15H2,1-6H3/b22-14+,26-25?. The fourth-order valence-electron chi connectivity index (χ4n) is 3.10. The second-order valence-corrected chi connectivity index (χ2v) is 9.20.